The number of allylic oxidation sites excluding steroid dienone is 5. The molecule has 0 aliphatic rings. The Morgan fingerprint density at radius 2 is 1.51 bits per heavy atom. The molecule has 0 saturated heterocycles. The zero-order valence-electron chi connectivity index (χ0n) is 20.7. The third kappa shape index (κ3) is 5.15. The highest BCUT2D eigenvalue weighted by Gasteiger charge is 2.16. The van der Waals surface area contributed by atoms with Gasteiger partial charge < -0.3 is 4.90 Å². The van der Waals surface area contributed by atoms with Crippen molar-refractivity contribution in [1.82, 2.24) is 9.97 Å². The van der Waals surface area contributed by atoms with Crippen LogP contribution in [-0.2, 0) is 0 Å². The van der Waals surface area contributed by atoms with Crippen molar-refractivity contribution in [2.75, 3.05) is 4.90 Å². The van der Waals surface area contributed by atoms with Gasteiger partial charge in [0, 0.05) is 17.1 Å². The van der Waals surface area contributed by atoms with Crippen LogP contribution in [0.25, 0.3) is 34.2 Å². The fourth-order valence-corrected chi connectivity index (χ4v) is 4.04. The van der Waals surface area contributed by atoms with Crippen LogP contribution < -0.4 is 4.90 Å². The van der Waals surface area contributed by atoms with E-state index in [-0.39, 0.29) is 0 Å². The molecule has 0 bridgehead atoms. The minimum absolute atomic E-state index is 0.861. The normalized spacial score (nSPS) is 12.4. The van der Waals surface area contributed by atoms with E-state index in [1.165, 1.54) is 0 Å². The number of para-hydroxylation sites is 2. The molecule has 3 aromatic carbocycles. The van der Waals surface area contributed by atoms with Crippen LogP contribution in [0, 0.1) is 0 Å². The second kappa shape index (κ2) is 10.8. The molecule has 0 radical (unpaired) electrons. The van der Waals surface area contributed by atoms with E-state index >= 15 is 0 Å². The average Bonchev–Trinajstić information content (AvgIpc) is 2.90. The highest BCUT2D eigenvalue weighted by atomic mass is 15.1. The lowest BCUT2D eigenvalue weighted by atomic mass is 10.0. The van der Waals surface area contributed by atoms with E-state index in [2.05, 4.69) is 93.5 Å². The summed E-state index contributed by atoms with van der Waals surface area (Å²) in [5.41, 5.74) is 9.97. The zero-order valence-corrected chi connectivity index (χ0v) is 20.7. The summed E-state index contributed by atoms with van der Waals surface area (Å²) in [5.74, 6) is 0. The summed E-state index contributed by atoms with van der Waals surface area (Å²) in [7, 11) is 0. The predicted molar refractivity (Wildman–Crippen MR) is 153 cm³/mol. The van der Waals surface area contributed by atoms with Crippen LogP contribution in [0.4, 0.5) is 11.4 Å². The van der Waals surface area contributed by atoms with Crippen molar-refractivity contribution in [2.45, 2.75) is 27.2 Å². The standard InChI is InChI=1S/C32H31N3/c1-6-10-13-25-21-27(17-16-24(25)8-3)35(26(9-4)20-23(5)7-2)28-18-19-31-32(22-28)34-30-15-12-11-14-29(30)33-31/h7-22H,2-3,6H2,1,4-5H3/b13-10-,23-20-,26-9+. The molecule has 4 rings (SSSR count). The maximum Gasteiger partial charge on any atom is 0.0915 e. The van der Waals surface area contributed by atoms with Gasteiger partial charge in [0.25, 0.3) is 0 Å². The maximum absolute atomic E-state index is 4.90. The molecule has 0 aliphatic carbocycles. The van der Waals surface area contributed by atoms with Crippen LogP contribution >= 0.6 is 0 Å². The summed E-state index contributed by atoms with van der Waals surface area (Å²) in [4.78, 5) is 12.0. The Morgan fingerprint density at radius 3 is 2.17 bits per heavy atom. The molecule has 1 aromatic heterocycles. The Balaban J connectivity index is 1.94. The number of fused-ring (bicyclic) bond motifs is 2. The van der Waals surface area contributed by atoms with Crippen molar-refractivity contribution >= 4 is 45.6 Å². The van der Waals surface area contributed by atoms with Gasteiger partial charge in [0.05, 0.1) is 22.1 Å². The quantitative estimate of drug-likeness (QED) is 0.195. The third-order valence-electron chi connectivity index (χ3n) is 5.91. The minimum atomic E-state index is 0.861. The SMILES string of the molecule is C=C/C(C)=C\C(=C/C)N(c1ccc(C=C)c(/C=C\CC)c1)c1ccc2nc3ccccc3nc2c1. The first-order chi connectivity index (χ1) is 17.1. The Morgan fingerprint density at radius 1 is 0.857 bits per heavy atom. The molecule has 0 saturated carbocycles. The lowest BCUT2D eigenvalue weighted by Gasteiger charge is -2.27. The van der Waals surface area contributed by atoms with Crippen molar-refractivity contribution in [2.24, 2.45) is 0 Å². The van der Waals surface area contributed by atoms with Crippen LogP contribution in [0.1, 0.15) is 38.3 Å². The first-order valence-corrected chi connectivity index (χ1v) is 11.9. The Bertz CT molecular complexity index is 1490. The molecule has 174 valence electrons. The van der Waals surface area contributed by atoms with Gasteiger partial charge >= 0.3 is 0 Å². The van der Waals surface area contributed by atoms with Crippen LogP contribution in [0.3, 0.4) is 0 Å². The molecule has 0 N–H and O–H groups in total. The molecule has 4 aromatic rings. The van der Waals surface area contributed by atoms with E-state index in [4.69, 9.17) is 9.97 Å². The second-order valence-electron chi connectivity index (χ2n) is 8.35. The highest BCUT2D eigenvalue weighted by molar-refractivity contribution is 5.89. The maximum atomic E-state index is 4.90. The van der Waals surface area contributed by atoms with Crippen LogP contribution in [0.2, 0.25) is 0 Å². The van der Waals surface area contributed by atoms with Gasteiger partial charge in [0.1, 0.15) is 0 Å². The number of anilines is 2. The molecule has 0 unspecified atom stereocenters. The number of aromatic nitrogens is 2. The van der Waals surface area contributed by atoms with Gasteiger partial charge in [-0.3, -0.25) is 0 Å². The van der Waals surface area contributed by atoms with Crippen LogP contribution in [0.15, 0.2) is 109 Å². The average molecular weight is 458 g/mol. The molecule has 0 amide bonds. The molecule has 35 heavy (non-hydrogen) atoms. The fourth-order valence-electron chi connectivity index (χ4n) is 4.04. The van der Waals surface area contributed by atoms with E-state index in [1.807, 2.05) is 42.5 Å². The predicted octanol–water partition coefficient (Wildman–Crippen LogP) is 9.02. The Kier molecular flexibility index (Phi) is 7.37. The number of rotatable bonds is 8. The van der Waals surface area contributed by atoms with Crippen molar-refractivity contribution < 1.29 is 0 Å². The summed E-state index contributed by atoms with van der Waals surface area (Å²) in [5, 5.41) is 0. The van der Waals surface area contributed by atoms with Crippen molar-refractivity contribution in [1.29, 1.82) is 0 Å². The van der Waals surface area contributed by atoms with Gasteiger partial charge in [-0.15, -0.1) is 0 Å². The summed E-state index contributed by atoms with van der Waals surface area (Å²) >= 11 is 0. The van der Waals surface area contributed by atoms with Gasteiger partial charge in [0.2, 0.25) is 0 Å². The summed E-state index contributed by atoms with van der Waals surface area (Å²) in [6, 6.07) is 20.7. The molecule has 0 fully saturated rings. The molecular formula is C32H31N3. The van der Waals surface area contributed by atoms with Gasteiger partial charge in [0.15, 0.2) is 0 Å². The molecule has 0 spiro atoms. The number of hydrogen-bond acceptors (Lipinski definition) is 3. The van der Waals surface area contributed by atoms with Gasteiger partial charge in [-0.25, -0.2) is 9.97 Å². The van der Waals surface area contributed by atoms with Gasteiger partial charge in [-0.05, 0) is 85.5 Å². The van der Waals surface area contributed by atoms with Crippen LogP contribution in [0.5, 0.6) is 0 Å². The van der Waals surface area contributed by atoms with Gasteiger partial charge in [-0.2, -0.15) is 0 Å². The van der Waals surface area contributed by atoms with E-state index in [0.717, 1.165) is 62.3 Å². The highest BCUT2D eigenvalue weighted by Crippen LogP contribution is 2.34. The smallest absolute Gasteiger partial charge is 0.0915 e. The van der Waals surface area contributed by atoms with E-state index in [0.29, 0.717) is 0 Å². The molecule has 0 aliphatic heterocycles. The first-order valence-electron chi connectivity index (χ1n) is 11.9. The molecule has 3 nitrogen and oxygen atoms in total. The third-order valence-corrected chi connectivity index (χ3v) is 5.91. The monoisotopic (exact) mass is 457 g/mol. The second-order valence-corrected chi connectivity index (χ2v) is 8.35. The lowest BCUT2D eigenvalue weighted by molar-refractivity contribution is 1.19. The van der Waals surface area contributed by atoms with E-state index in [1.54, 1.807) is 0 Å². The molecule has 3 heteroatoms. The zero-order chi connectivity index (χ0) is 24.8. The summed E-state index contributed by atoms with van der Waals surface area (Å²) in [6.45, 7) is 14.2. The molecular weight excluding hydrogens is 426 g/mol. The molecule has 0 atom stereocenters. The van der Waals surface area contributed by atoms with Gasteiger partial charge in [-0.1, -0.05) is 68.7 Å². The largest absolute Gasteiger partial charge is 0.311 e. The summed E-state index contributed by atoms with van der Waals surface area (Å²) < 4.78 is 0. The lowest BCUT2D eigenvalue weighted by Crippen LogP contribution is -2.16. The van der Waals surface area contributed by atoms with Crippen LogP contribution in [-0.4, -0.2) is 9.97 Å². The minimum Gasteiger partial charge on any atom is -0.311 e. The number of benzene rings is 3. The first kappa shape index (κ1) is 23.9. The molecule has 1 heterocycles. The number of hydrogen-bond donors (Lipinski definition) is 0. The van der Waals surface area contributed by atoms with E-state index in [9.17, 15) is 0 Å². The van der Waals surface area contributed by atoms with Crippen molar-refractivity contribution in [3.05, 3.63) is 121 Å². The Hall–Kier alpha value is -4.24. The fraction of sp³-hybridized carbons (Fsp3) is 0.125. The Labute approximate surface area is 208 Å². The van der Waals surface area contributed by atoms with E-state index < -0.39 is 0 Å². The van der Waals surface area contributed by atoms with Crippen molar-refractivity contribution in [3.8, 4) is 0 Å². The number of nitrogens with zero attached hydrogens (tertiary/aromatic N) is 3. The van der Waals surface area contributed by atoms with Crippen molar-refractivity contribution in [3.63, 3.8) is 0 Å². The summed E-state index contributed by atoms with van der Waals surface area (Å²) in [6.07, 6.45) is 13.3. The topological polar surface area (TPSA) is 29.0 Å².